The zero-order valence-corrected chi connectivity index (χ0v) is 11.8. The van der Waals surface area contributed by atoms with E-state index in [1.54, 1.807) is 7.11 Å². The Morgan fingerprint density at radius 1 is 1.50 bits per heavy atom. The number of hydrogen-bond donors (Lipinski definition) is 2. The lowest BCUT2D eigenvalue weighted by Crippen LogP contribution is -2.27. The monoisotopic (exact) mass is 269 g/mol. The van der Waals surface area contributed by atoms with Crippen molar-refractivity contribution in [3.8, 4) is 5.75 Å². The number of nitrogens with two attached hydrogens (primary N) is 1. The predicted molar refractivity (Wildman–Crippen MR) is 73.2 cm³/mol. The number of halogens is 1. The summed E-state index contributed by atoms with van der Waals surface area (Å²) in [6, 6.07) is 1.69. The molecule has 18 heavy (non-hydrogen) atoms. The molecular weight excluding hydrogens is 250 g/mol. The van der Waals surface area contributed by atoms with Crippen LogP contribution < -0.4 is 10.5 Å². The van der Waals surface area contributed by atoms with Crippen LogP contribution in [-0.2, 0) is 0 Å². The Kier molecular flexibility index (Phi) is 3.58. The zero-order valence-electron chi connectivity index (χ0n) is 11.1. The first-order valence-electron chi connectivity index (χ1n) is 6.17. The number of methoxy groups -OCH3 is 1. The van der Waals surface area contributed by atoms with Gasteiger partial charge >= 0.3 is 0 Å². The Morgan fingerprint density at radius 2 is 2.11 bits per heavy atom. The van der Waals surface area contributed by atoms with Gasteiger partial charge < -0.3 is 15.6 Å². The number of hydrogen-bond acceptors (Lipinski definition) is 3. The van der Waals surface area contributed by atoms with Crippen LogP contribution in [0, 0.1) is 19.3 Å². The number of aryl methyl sites for hydroxylation is 1. The van der Waals surface area contributed by atoms with Crippen molar-refractivity contribution in [2.75, 3.05) is 13.7 Å². The van der Waals surface area contributed by atoms with Crippen molar-refractivity contribution >= 4 is 11.6 Å². The molecule has 1 atom stereocenters. The third kappa shape index (κ3) is 2.00. The van der Waals surface area contributed by atoms with Gasteiger partial charge in [-0.2, -0.15) is 0 Å². The largest absolute Gasteiger partial charge is 0.496 e. The fraction of sp³-hybridized carbons (Fsp3) is 0.571. The summed E-state index contributed by atoms with van der Waals surface area (Å²) in [5, 5.41) is 10.2. The average molecular weight is 270 g/mol. The summed E-state index contributed by atoms with van der Waals surface area (Å²) in [4.78, 5) is 0. The molecule has 1 aromatic rings. The van der Waals surface area contributed by atoms with Gasteiger partial charge in [0.05, 0.1) is 13.7 Å². The van der Waals surface area contributed by atoms with E-state index in [2.05, 4.69) is 0 Å². The first-order valence-corrected chi connectivity index (χ1v) is 6.54. The molecule has 0 saturated heterocycles. The molecule has 1 aliphatic rings. The standard InChI is InChI=1S/C14H20ClNO2/c1-8-6-10(18-3)11(9(2)12(8)15)13(16)14(7-17)4-5-14/h6,13,17H,4-5,7,16H2,1-3H3. The van der Waals surface area contributed by atoms with Crippen LogP contribution in [0.5, 0.6) is 5.75 Å². The maximum atomic E-state index is 9.51. The van der Waals surface area contributed by atoms with Gasteiger partial charge in [-0.05, 0) is 43.9 Å². The maximum Gasteiger partial charge on any atom is 0.124 e. The van der Waals surface area contributed by atoms with Crippen LogP contribution in [0.15, 0.2) is 6.07 Å². The molecule has 0 aromatic heterocycles. The first-order chi connectivity index (χ1) is 8.46. The summed E-state index contributed by atoms with van der Waals surface area (Å²) in [5.41, 5.74) is 9.03. The van der Waals surface area contributed by atoms with Gasteiger partial charge in [0.15, 0.2) is 0 Å². The van der Waals surface area contributed by atoms with E-state index in [1.807, 2.05) is 19.9 Å². The minimum Gasteiger partial charge on any atom is -0.496 e. The van der Waals surface area contributed by atoms with E-state index < -0.39 is 0 Å². The van der Waals surface area contributed by atoms with Crippen LogP contribution in [0.4, 0.5) is 0 Å². The lowest BCUT2D eigenvalue weighted by Gasteiger charge is -2.26. The Morgan fingerprint density at radius 3 is 2.56 bits per heavy atom. The molecule has 1 unspecified atom stereocenters. The average Bonchev–Trinajstić information content (AvgIpc) is 3.15. The smallest absolute Gasteiger partial charge is 0.124 e. The second-order valence-electron chi connectivity index (χ2n) is 5.25. The minimum atomic E-state index is -0.226. The maximum absolute atomic E-state index is 9.51. The van der Waals surface area contributed by atoms with Gasteiger partial charge in [0.2, 0.25) is 0 Å². The van der Waals surface area contributed by atoms with E-state index >= 15 is 0 Å². The number of aliphatic hydroxyl groups excluding tert-OH is 1. The van der Waals surface area contributed by atoms with Crippen LogP contribution in [-0.4, -0.2) is 18.8 Å². The quantitative estimate of drug-likeness (QED) is 0.884. The normalized spacial score (nSPS) is 18.6. The zero-order chi connectivity index (χ0) is 13.5. The van der Waals surface area contributed by atoms with Gasteiger partial charge in [-0.15, -0.1) is 0 Å². The molecule has 0 heterocycles. The molecule has 1 fully saturated rings. The highest BCUT2D eigenvalue weighted by molar-refractivity contribution is 6.32. The van der Waals surface area contributed by atoms with E-state index in [4.69, 9.17) is 22.1 Å². The molecule has 1 aliphatic carbocycles. The van der Waals surface area contributed by atoms with Crippen LogP contribution in [0.1, 0.15) is 35.6 Å². The van der Waals surface area contributed by atoms with Crippen molar-refractivity contribution in [2.24, 2.45) is 11.1 Å². The van der Waals surface area contributed by atoms with Gasteiger partial charge in [-0.3, -0.25) is 0 Å². The van der Waals surface area contributed by atoms with E-state index in [0.717, 1.165) is 40.3 Å². The van der Waals surface area contributed by atoms with E-state index in [-0.39, 0.29) is 18.1 Å². The highest BCUT2D eigenvalue weighted by atomic mass is 35.5. The summed E-state index contributed by atoms with van der Waals surface area (Å²) in [6.45, 7) is 4.02. The summed E-state index contributed by atoms with van der Waals surface area (Å²) in [5.74, 6) is 0.765. The van der Waals surface area contributed by atoms with Gasteiger partial charge in [0, 0.05) is 22.0 Å². The van der Waals surface area contributed by atoms with Crippen LogP contribution in [0.25, 0.3) is 0 Å². The van der Waals surface area contributed by atoms with E-state index in [1.165, 1.54) is 0 Å². The van der Waals surface area contributed by atoms with Crippen molar-refractivity contribution < 1.29 is 9.84 Å². The molecule has 0 radical (unpaired) electrons. The second kappa shape index (κ2) is 4.72. The fourth-order valence-electron chi connectivity index (χ4n) is 2.53. The first kappa shape index (κ1) is 13.7. The molecular formula is C14H20ClNO2. The van der Waals surface area contributed by atoms with Crippen molar-refractivity contribution in [2.45, 2.75) is 32.7 Å². The lowest BCUT2D eigenvalue weighted by atomic mass is 9.87. The third-order valence-corrected chi connectivity index (χ3v) is 4.67. The van der Waals surface area contributed by atoms with Gasteiger partial charge in [-0.25, -0.2) is 0 Å². The SMILES string of the molecule is COc1cc(C)c(Cl)c(C)c1C(N)C1(CO)CC1. The molecule has 100 valence electrons. The predicted octanol–water partition coefficient (Wildman–Crippen LogP) is 2.74. The summed E-state index contributed by atoms with van der Waals surface area (Å²) < 4.78 is 5.43. The summed E-state index contributed by atoms with van der Waals surface area (Å²) >= 11 is 6.30. The minimum absolute atomic E-state index is 0.113. The summed E-state index contributed by atoms with van der Waals surface area (Å²) in [7, 11) is 1.64. The van der Waals surface area contributed by atoms with Crippen molar-refractivity contribution in [1.29, 1.82) is 0 Å². The fourth-order valence-corrected chi connectivity index (χ4v) is 2.68. The molecule has 0 bridgehead atoms. The molecule has 0 amide bonds. The molecule has 4 heteroatoms. The number of ether oxygens (including phenoxy) is 1. The van der Waals surface area contributed by atoms with Crippen LogP contribution in [0.3, 0.4) is 0 Å². The topological polar surface area (TPSA) is 55.5 Å². The molecule has 2 rings (SSSR count). The molecule has 3 N–H and O–H groups in total. The van der Waals surface area contributed by atoms with Gasteiger partial charge in [-0.1, -0.05) is 11.6 Å². The van der Waals surface area contributed by atoms with Crippen molar-refractivity contribution in [3.05, 3.63) is 27.8 Å². The van der Waals surface area contributed by atoms with Crippen LogP contribution >= 0.6 is 11.6 Å². The number of aliphatic hydroxyl groups is 1. The molecule has 0 spiro atoms. The number of rotatable bonds is 4. The number of benzene rings is 1. The van der Waals surface area contributed by atoms with Crippen molar-refractivity contribution in [3.63, 3.8) is 0 Å². The lowest BCUT2D eigenvalue weighted by molar-refractivity contribution is 0.186. The molecule has 1 saturated carbocycles. The van der Waals surface area contributed by atoms with Crippen molar-refractivity contribution in [1.82, 2.24) is 0 Å². The molecule has 3 nitrogen and oxygen atoms in total. The van der Waals surface area contributed by atoms with Crippen LogP contribution in [0.2, 0.25) is 5.02 Å². The molecule has 0 aliphatic heterocycles. The second-order valence-corrected chi connectivity index (χ2v) is 5.62. The Labute approximate surface area is 113 Å². The highest BCUT2D eigenvalue weighted by Gasteiger charge is 2.49. The summed E-state index contributed by atoms with van der Waals surface area (Å²) in [6.07, 6.45) is 1.91. The van der Waals surface area contributed by atoms with Gasteiger partial charge in [0.1, 0.15) is 5.75 Å². The van der Waals surface area contributed by atoms with E-state index in [9.17, 15) is 5.11 Å². The van der Waals surface area contributed by atoms with Gasteiger partial charge in [0.25, 0.3) is 0 Å². The Balaban J connectivity index is 2.52. The molecule has 1 aromatic carbocycles. The highest BCUT2D eigenvalue weighted by Crippen LogP contribution is 2.55. The van der Waals surface area contributed by atoms with E-state index in [0.29, 0.717) is 0 Å². The Hall–Kier alpha value is -0.770. The third-order valence-electron chi connectivity index (χ3n) is 4.09. The Bertz CT molecular complexity index is 469.